The average Bonchev–Trinajstić information content (AvgIpc) is 2.81. The summed E-state index contributed by atoms with van der Waals surface area (Å²) in [5.74, 6) is -1.35. The molecule has 2 aromatic rings. The first-order valence-corrected chi connectivity index (χ1v) is 10.0. The van der Waals surface area contributed by atoms with Crippen molar-refractivity contribution in [2.75, 3.05) is 13.7 Å². The van der Waals surface area contributed by atoms with Crippen LogP contribution in [-0.4, -0.2) is 53.8 Å². The van der Waals surface area contributed by atoms with Gasteiger partial charge in [0.2, 0.25) is 5.91 Å². The van der Waals surface area contributed by atoms with Gasteiger partial charge in [0.05, 0.1) is 24.6 Å². The van der Waals surface area contributed by atoms with Gasteiger partial charge < -0.3 is 25.2 Å². The molecule has 0 fully saturated rings. The van der Waals surface area contributed by atoms with Gasteiger partial charge in [0.25, 0.3) is 5.69 Å². The van der Waals surface area contributed by atoms with Crippen molar-refractivity contribution in [2.24, 2.45) is 0 Å². The number of hydrogen-bond acceptors (Lipinski definition) is 8. The number of benzene rings is 2. The molecule has 11 nitrogen and oxygen atoms in total. The monoisotopic (exact) mass is 459 g/mol. The Bertz CT molecular complexity index is 950. The third-order valence-electron chi connectivity index (χ3n) is 4.52. The summed E-state index contributed by atoms with van der Waals surface area (Å²) in [6.45, 7) is -0.168. The molecule has 176 valence electrons. The topological polar surface area (TPSA) is 157 Å². The highest BCUT2D eigenvalue weighted by Crippen LogP contribution is 2.14. The predicted molar refractivity (Wildman–Crippen MR) is 116 cm³/mol. The first kappa shape index (κ1) is 25.3. The van der Waals surface area contributed by atoms with Crippen molar-refractivity contribution in [2.45, 2.75) is 31.6 Å². The van der Waals surface area contributed by atoms with E-state index in [-0.39, 0.29) is 31.7 Å². The first-order valence-electron chi connectivity index (χ1n) is 10.0. The van der Waals surface area contributed by atoms with Gasteiger partial charge in [-0.05, 0) is 11.1 Å². The zero-order valence-corrected chi connectivity index (χ0v) is 17.9. The van der Waals surface area contributed by atoms with Crippen LogP contribution in [0.5, 0.6) is 0 Å². The van der Waals surface area contributed by atoms with E-state index in [1.807, 2.05) is 18.2 Å². The van der Waals surface area contributed by atoms with Crippen LogP contribution in [0.3, 0.4) is 0 Å². The largest absolute Gasteiger partial charge is 0.467 e. The van der Waals surface area contributed by atoms with Gasteiger partial charge >= 0.3 is 12.1 Å². The van der Waals surface area contributed by atoms with E-state index in [4.69, 9.17) is 9.47 Å². The summed E-state index contributed by atoms with van der Waals surface area (Å²) in [6, 6.07) is 13.5. The fourth-order valence-electron chi connectivity index (χ4n) is 2.84. The Morgan fingerprint density at radius 3 is 2.33 bits per heavy atom. The Kier molecular flexibility index (Phi) is 9.78. The lowest BCUT2D eigenvalue weighted by atomic mass is 10.0. The molecule has 2 rings (SSSR count). The van der Waals surface area contributed by atoms with E-state index in [1.165, 1.54) is 24.3 Å². The number of carbonyl (C=O) groups excluding carboxylic acids is 3. The number of rotatable bonds is 11. The van der Waals surface area contributed by atoms with E-state index < -0.39 is 35.0 Å². The van der Waals surface area contributed by atoms with Crippen LogP contribution >= 0.6 is 0 Å². The molecule has 0 spiro atoms. The smallest absolute Gasteiger partial charge is 0.407 e. The average molecular weight is 459 g/mol. The van der Waals surface area contributed by atoms with Gasteiger partial charge in [-0.3, -0.25) is 14.9 Å². The highest BCUT2D eigenvalue weighted by atomic mass is 16.6. The Balaban J connectivity index is 1.80. The maximum absolute atomic E-state index is 12.3. The molecule has 0 aliphatic carbocycles. The number of nitrogens with one attached hydrogen (secondary N) is 2. The lowest BCUT2D eigenvalue weighted by molar-refractivity contribution is -0.384. The number of nitro benzene ring substituents is 1. The normalized spacial score (nSPS) is 12.2. The summed E-state index contributed by atoms with van der Waals surface area (Å²) in [5, 5.41) is 25.6. The molecule has 0 saturated carbocycles. The van der Waals surface area contributed by atoms with E-state index in [9.17, 15) is 29.6 Å². The summed E-state index contributed by atoms with van der Waals surface area (Å²) in [7, 11) is 1.16. The molecule has 0 unspecified atom stereocenters. The second-order valence-corrected chi connectivity index (χ2v) is 7.07. The number of ether oxygens (including phenoxy) is 2. The summed E-state index contributed by atoms with van der Waals surface area (Å²) in [4.78, 5) is 46.2. The molecule has 0 aliphatic heterocycles. The van der Waals surface area contributed by atoms with Crippen LogP contribution < -0.4 is 10.6 Å². The molecular weight excluding hydrogens is 434 g/mol. The molecule has 2 atom stereocenters. The van der Waals surface area contributed by atoms with Crippen LogP contribution in [-0.2, 0) is 32.1 Å². The molecule has 0 heterocycles. The highest BCUT2D eigenvalue weighted by molar-refractivity contribution is 5.85. The second kappa shape index (κ2) is 12.8. The molecule has 0 bridgehead atoms. The SMILES string of the molecule is COC(=O)[C@@H](Cc1ccc([N+](=O)[O-])cc1)NC(=O)C[C@@H](O)CNC(=O)OCc1ccccc1. The Morgan fingerprint density at radius 1 is 1.06 bits per heavy atom. The number of carbonyl (C=O) groups is 3. The minimum atomic E-state index is -1.22. The number of esters is 1. The van der Waals surface area contributed by atoms with Crippen LogP contribution in [0.2, 0.25) is 0 Å². The van der Waals surface area contributed by atoms with Gasteiger partial charge in [-0.25, -0.2) is 9.59 Å². The van der Waals surface area contributed by atoms with Crippen molar-refractivity contribution in [1.82, 2.24) is 10.6 Å². The maximum atomic E-state index is 12.3. The third-order valence-corrected chi connectivity index (χ3v) is 4.52. The highest BCUT2D eigenvalue weighted by Gasteiger charge is 2.23. The molecule has 33 heavy (non-hydrogen) atoms. The van der Waals surface area contributed by atoms with Gasteiger partial charge in [0.15, 0.2) is 0 Å². The zero-order valence-electron chi connectivity index (χ0n) is 17.9. The number of aliphatic hydroxyl groups excluding tert-OH is 1. The van der Waals surface area contributed by atoms with Gasteiger partial charge in [0, 0.05) is 25.1 Å². The number of methoxy groups -OCH3 is 1. The summed E-state index contributed by atoms with van der Waals surface area (Å²) < 4.78 is 9.72. The van der Waals surface area contributed by atoms with Crippen molar-refractivity contribution >= 4 is 23.7 Å². The first-order chi connectivity index (χ1) is 15.8. The zero-order chi connectivity index (χ0) is 24.2. The number of aliphatic hydroxyl groups is 1. The van der Waals surface area contributed by atoms with Gasteiger partial charge in [-0.2, -0.15) is 0 Å². The molecule has 0 radical (unpaired) electrons. The van der Waals surface area contributed by atoms with Gasteiger partial charge in [-0.1, -0.05) is 42.5 Å². The lowest BCUT2D eigenvalue weighted by Gasteiger charge is -2.18. The number of alkyl carbamates (subject to hydrolysis) is 1. The van der Waals surface area contributed by atoms with Gasteiger partial charge in [-0.15, -0.1) is 0 Å². The quantitative estimate of drug-likeness (QED) is 0.259. The van der Waals surface area contributed by atoms with E-state index >= 15 is 0 Å². The lowest BCUT2D eigenvalue weighted by Crippen LogP contribution is -2.45. The van der Waals surface area contributed by atoms with Crippen molar-refractivity contribution in [3.63, 3.8) is 0 Å². The Hall–Kier alpha value is -3.99. The van der Waals surface area contributed by atoms with E-state index in [0.29, 0.717) is 5.56 Å². The fraction of sp³-hybridized carbons (Fsp3) is 0.318. The standard InChI is InChI=1S/C22H25N3O8/c1-32-21(28)19(11-15-7-9-17(10-8-15)25(30)31)24-20(27)12-18(26)13-23-22(29)33-14-16-5-3-2-4-6-16/h2-10,18-19,26H,11-14H2,1H3,(H,23,29)(H,24,27)/t18-,19-/m1/s1. The third kappa shape index (κ3) is 8.95. The Labute approximate surface area is 189 Å². The van der Waals surface area contributed by atoms with Crippen LogP contribution in [0.15, 0.2) is 54.6 Å². The molecule has 0 aliphatic rings. The van der Waals surface area contributed by atoms with Crippen molar-refractivity contribution < 1.29 is 33.9 Å². The van der Waals surface area contributed by atoms with Crippen LogP contribution in [0.25, 0.3) is 0 Å². The number of nitro groups is 1. The van der Waals surface area contributed by atoms with Crippen LogP contribution in [0.1, 0.15) is 17.5 Å². The number of nitrogens with zero attached hydrogens (tertiary/aromatic N) is 1. The van der Waals surface area contributed by atoms with E-state index in [1.54, 1.807) is 12.1 Å². The van der Waals surface area contributed by atoms with Gasteiger partial charge in [0.1, 0.15) is 12.6 Å². The molecule has 2 aromatic carbocycles. The Morgan fingerprint density at radius 2 is 1.73 bits per heavy atom. The molecule has 2 amide bonds. The minimum absolute atomic E-state index is 0.0383. The summed E-state index contributed by atoms with van der Waals surface area (Å²) >= 11 is 0. The van der Waals surface area contributed by atoms with Crippen molar-refractivity contribution in [1.29, 1.82) is 0 Å². The number of hydrogen-bond donors (Lipinski definition) is 3. The fourth-order valence-corrected chi connectivity index (χ4v) is 2.84. The molecule has 0 saturated heterocycles. The van der Waals surface area contributed by atoms with Crippen molar-refractivity contribution in [3.8, 4) is 0 Å². The maximum Gasteiger partial charge on any atom is 0.407 e. The molecule has 0 aromatic heterocycles. The number of non-ortho nitro benzene ring substituents is 1. The summed E-state index contributed by atoms with van der Waals surface area (Å²) in [5.41, 5.74) is 1.27. The van der Waals surface area contributed by atoms with Crippen LogP contribution in [0, 0.1) is 10.1 Å². The molecular formula is C22H25N3O8. The second-order valence-electron chi connectivity index (χ2n) is 7.07. The minimum Gasteiger partial charge on any atom is -0.467 e. The summed E-state index contributed by atoms with van der Waals surface area (Å²) in [6.07, 6.45) is -2.31. The van der Waals surface area contributed by atoms with E-state index in [0.717, 1.165) is 12.7 Å². The molecule has 3 N–H and O–H groups in total. The van der Waals surface area contributed by atoms with E-state index in [2.05, 4.69) is 10.6 Å². The predicted octanol–water partition coefficient (Wildman–Crippen LogP) is 1.47. The molecule has 11 heteroatoms. The number of amides is 2. The van der Waals surface area contributed by atoms with Crippen LogP contribution in [0.4, 0.5) is 10.5 Å². The van der Waals surface area contributed by atoms with Crippen molar-refractivity contribution in [3.05, 3.63) is 75.8 Å².